The van der Waals surface area contributed by atoms with Gasteiger partial charge in [0.25, 0.3) is 0 Å². The van der Waals surface area contributed by atoms with E-state index in [0.29, 0.717) is 13.1 Å². The Labute approximate surface area is 124 Å². The Hall–Kier alpha value is -1.88. The zero-order valence-corrected chi connectivity index (χ0v) is 13.0. The minimum atomic E-state index is -0.234. The highest BCUT2D eigenvalue weighted by molar-refractivity contribution is 5.45. The predicted octanol–water partition coefficient (Wildman–Crippen LogP) is 3.34. The van der Waals surface area contributed by atoms with Crippen molar-refractivity contribution in [3.05, 3.63) is 47.6 Å². The van der Waals surface area contributed by atoms with E-state index < -0.39 is 0 Å². The normalized spacial score (nSPS) is 11.7. The molecule has 114 valence electrons. The smallest absolute Gasteiger partial charge is 0.156 e. The number of rotatable bonds is 5. The van der Waals surface area contributed by atoms with Crippen molar-refractivity contribution in [2.45, 2.75) is 39.4 Å². The Kier molecular flexibility index (Phi) is 4.63. The molecule has 5 heteroatoms. The number of nitrogens with zero attached hydrogens (tertiary/aromatic N) is 2. The van der Waals surface area contributed by atoms with Gasteiger partial charge in [0.2, 0.25) is 0 Å². The van der Waals surface area contributed by atoms with E-state index in [0.717, 1.165) is 17.1 Å². The number of hydrogen-bond acceptors (Lipinski definition) is 4. The molecule has 0 saturated carbocycles. The average molecular weight is 291 g/mol. The molecule has 0 aliphatic rings. The van der Waals surface area contributed by atoms with Crippen molar-refractivity contribution in [2.75, 3.05) is 11.9 Å². The molecular weight excluding hydrogens is 269 g/mol. The molecule has 2 aromatic rings. The number of aromatic nitrogens is 1. The summed E-state index contributed by atoms with van der Waals surface area (Å²) in [5, 5.41) is 7.42. The number of halogens is 1. The van der Waals surface area contributed by atoms with Crippen molar-refractivity contribution in [3.63, 3.8) is 0 Å². The van der Waals surface area contributed by atoms with Gasteiger partial charge >= 0.3 is 0 Å². The molecule has 0 aliphatic carbocycles. The van der Waals surface area contributed by atoms with Crippen LogP contribution in [0.4, 0.5) is 10.1 Å². The maximum Gasteiger partial charge on any atom is 0.156 e. The van der Waals surface area contributed by atoms with Gasteiger partial charge in [-0.25, -0.2) is 4.39 Å². The van der Waals surface area contributed by atoms with Gasteiger partial charge in [0.1, 0.15) is 5.82 Å². The first kappa shape index (κ1) is 15.5. The van der Waals surface area contributed by atoms with Gasteiger partial charge in [0, 0.05) is 30.9 Å². The molecule has 0 unspecified atom stereocenters. The van der Waals surface area contributed by atoms with Gasteiger partial charge in [-0.2, -0.15) is 0 Å². The van der Waals surface area contributed by atoms with Crippen LogP contribution in [0.15, 0.2) is 34.9 Å². The van der Waals surface area contributed by atoms with Crippen LogP contribution in [0.5, 0.6) is 0 Å². The van der Waals surface area contributed by atoms with Gasteiger partial charge < -0.3 is 14.7 Å². The second-order valence-corrected chi connectivity index (χ2v) is 6.22. The van der Waals surface area contributed by atoms with Gasteiger partial charge in [-0.1, -0.05) is 5.16 Å². The first-order valence-electron chi connectivity index (χ1n) is 7.00. The number of hydrogen-bond donors (Lipinski definition) is 1. The standard InChI is InChI=1S/C16H22FN3O/c1-16(2,3)18-10-13-9-15(21-19-13)11-20(4)14-7-5-12(17)6-8-14/h5-9,18H,10-11H2,1-4H3. The molecule has 0 radical (unpaired) electrons. The first-order valence-corrected chi connectivity index (χ1v) is 7.00. The van der Waals surface area contributed by atoms with Crippen molar-refractivity contribution in [2.24, 2.45) is 0 Å². The Morgan fingerprint density at radius 1 is 1.24 bits per heavy atom. The molecule has 2 rings (SSSR count). The summed E-state index contributed by atoms with van der Waals surface area (Å²) in [6.45, 7) is 7.59. The number of anilines is 1. The van der Waals surface area contributed by atoms with Gasteiger partial charge in [0.05, 0.1) is 12.2 Å². The Bertz CT molecular complexity index is 572. The van der Waals surface area contributed by atoms with Gasteiger partial charge in [-0.05, 0) is 45.0 Å². The lowest BCUT2D eigenvalue weighted by Gasteiger charge is -2.19. The summed E-state index contributed by atoms with van der Waals surface area (Å²) in [7, 11) is 1.93. The van der Waals surface area contributed by atoms with Crippen molar-refractivity contribution in [1.82, 2.24) is 10.5 Å². The Morgan fingerprint density at radius 3 is 2.52 bits per heavy atom. The predicted molar refractivity (Wildman–Crippen MR) is 81.6 cm³/mol. The number of benzene rings is 1. The summed E-state index contributed by atoms with van der Waals surface area (Å²) in [6, 6.07) is 8.33. The average Bonchev–Trinajstić information content (AvgIpc) is 2.84. The minimum absolute atomic E-state index is 0.0457. The SMILES string of the molecule is CN(Cc1cc(CNC(C)(C)C)no1)c1ccc(F)cc1. The second kappa shape index (κ2) is 6.26. The van der Waals surface area contributed by atoms with Crippen LogP contribution in [0, 0.1) is 5.82 Å². The maximum absolute atomic E-state index is 12.9. The van der Waals surface area contributed by atoms with Crippen molar-refractivity contribution in [1.29, 1.82) is 0 Å². The van der Waals surface area contributed by atoms with Crippen LogP contribution < -0.4 is 10.2 Å². The summed E-state index contributed by atoms with van der Waals surface area (Å²) in [6.07, 6.45) is 0. The molecule has 21 heavy (non-hydrogen) atoms. The third kappa shape index (κ3) is 4.86. The molecule has 0 saturated heterocycles. The molecule has 0 spiro atoms. The van der Waals surface area contributed by atoms with Crippen molar-refractivity contribution >= 4 is 5.69 Å². The largest absolute Gasteiger partial charge is 0.367 e. The summed E-state index contributed by atoms with van der Waals surface area (Å²) in [5.41, 5.74) is 1.86. The fourth-order valence-corrected chi connectivity index (χ4v) is 1.89. The Morgan fingerprint density at radius 2 is 1.90 bits per heavy atom. The highest BCUT2D eigenvalue weighted by Gasteiger charge is 2.12. The van der Waals surface area contributed by atoms with Gasteiger partial charge in [-0.3, -0.25) is 0 Å². The molecule has 0 bridgehead atoms. The topological polar surface area (TPSA) is 41.3 Å². The molecular formula is C16H22FN3O. The second-order valence-electron chi connectivity index (χ2n) is 6.22. The Balaban J connectivity index is 1.94. The molecule has 1 aromatic heterocycles. The molecule has 1 heterocycles. The summed E-state index contributed by atoms with van der Waals surface area (Å²) >= 11 is 0. The van der Waals surface area contributed by atoms with E-state index in [2.05, 4.69) is 31.2 Å². The highest BCUT2D eigenvalue weighted by atomic mass is 19.1. The van der Waals surface area contributed by atoms with Crippen LogP contribution in [-0.4, -0.2) is 17.7 Å². The lowest BCUT2D eigenvalue weighted by atomic mass is 10.1. The molecule has 0 fully saturated rings. The molecule has 0 amide bonds. The summed E-state index contributed by atoms with van der Waals surface area (Å²) in [5.74, 6) is 0.551. The zero-order chi connectivity index (χ0) is 15.5. The lowest BCUT2D eigenvalue weighted by molar-refractivity contribution is 0.365. The molecule has 1 N–H and O–H groups in total. The van der Waals surface area contributed by atoms with Crippen LogP contribution in [0.1, 0.15) is 32.2 Å². The van der Waals surface area contributed by atoms with E-state index in [4.69, 9.17) is 4.52 Å². The van der Waals surface area contributed by atoms with Gasteiger partial charge in [-0.15, -0.1) is 0 Å². The van der Waals surface area contributed by atoms with E-state index in [1.54, 1.807) is 12.1 Å². The fourth-order valence-electron chi connectivity index (χ4n) is 1.89. The van der Waals surface area contributed by atoms with E-state index in [9.17, 15) is 4.39 Å². The maximum atomic E-state index is 12.9. The third-order valence-electron chi connectivity index (χ3n) is 3.07. The van der Waals surface area contributed by atoms with Crippen molar-refractivity contribution in [3.8, 4) is 0 Å². The van der Waals surface area contributed by atoms with Crippen LogP contribution in [0.2, 0.25) is 0 Å². The summed E-state index contributed by atoms with van der Waals surface area (Å²) in [4.78, 5) is 1.99. The summed E-state index contributed by atoms with van der Waals surface area (Å²) < 4.78 is 18.2. The first-order chi connectivity index (χ1) is 9.83. The van der Waals surface area contributed by atoms with Crippen LogP contribution in [0.25, 0.3) is 0 Å². The molecule has 4 nitrogen and oxygen atoms in total. The fraction of sp³-hybridized carbons (Fsp3) is 0.438. The van der Waals surface area contributed by atoms with E-state index in [1.807, 2.05) is 18.0 Å². The minimum Gasteiger partial charge on any atom is -0.367 e. The van der Waals surface area contributed by atoms with Crippen LogP contribution >= 0.6 is 0 Å². The molecule has 1 aromatic carbocycles. The van der Waals surface area contributed by atoms with E-state index >= 15 is 0 Å². The number of nitrogens with one attached hydrogen (secondary N) is 1. The van der Waals surface area contributed by atoms with Crippen molar-refractivity contribution < 1.29 is 8.91 Å². The lowest BCUT2D eigenvalue weighted by Crippen LogP contribution is -2.35. The molecule has 0 atom stereocenters. The van der Waals surface area contributed by atoms with Crippen LogP contribution in [-0.2, 0) is 13.1 Å². The third-order valence-corrected chi connectivity index (χ3v) is 3.07. The van der Waals surface area contributed by atoms with Gasteiger partial charge in [0.15, 0.2) is 5.76 Å². The highest BCUT2D eigenvalue weighted by Crippen LogP contribution is 2.16. The quantitative estimate of drug-likeness (QED) is 0.917. The monoisotopic (exact) mass is 291 g/mol. The molecule has 0 aliphatic heterocycles. The van der Waals surface area contributed by atoms with Crippen LogP contribution in [0.3, 0.4) is 0 Å². The van der Waals surface area contributed by atoms with E-state index in [1.165, 1.54) is 12.1 Å². The van der Waals surface area contributed by atoms with E-state index in [-0.39, 0.29) is 11.4 Å². The zero-order valence-electron chi connectivity index (χ0n) is 13.0.